The molecule has 1 aromatic carbocycles. The highest BCUT2D eigenvalue weighted by molar-refractivity contribution is 6.76. The number of nitrogens with zero attached hydrogens (tertiary/aromatic N) is 7. The average Bonchev–Trinajstić information content (AvgIpc) is 3.01. The van der Waals surface area contributed by atoms with Crippen LogP contribution in [-0.2, 0) is 41.6 Å². The van der Waals surface area contributed by atoms with E-state index in [0.29, 0.717) is 23.1 Å². The number of aromatic nitrogens is 4. The lowest BCUT2D eigenvalue weighted by Crippen LogP contribution is -2.57. The molecular weight excluding hydrogens is 648 g/mol. The highest BCUT2D eigenvalue weighted by Gasteiger charge is 2.40. The summed E-state index contributed by atoms with van der Waals surface area (Å²) in [4.78, 5) is 39.3. The summed E-state index contributed by atoms with van der Waals surface area (Å²) in [6.45, 7) is 7.05. The molecule has 47 heavy (non-hydrogen) atoms. The molecule has 0 spiro atoms. The van der Waals surface area contributed by atoms with E-state index in [0.717, 1.165) is 17.2 Å². The van der Waals surface area contributed by atoms with E-state index in [1.165, 1.54) is 4.90 Å². The molecule has 2 aromatic heterocycles. The minimum atomic E-state index is -4.97. The molecule has 17 heteroatoms. The summed E-state index contributed by atoms with van der Waals surface area (Å²) in [5.74, 6) is -0.445. The lowest BCUT2D eigenvalue weighted by atomic mass is 9.93. The van der Waals surface area contributed by atoms with Crippen molar-refractivity contribution in [3.8, 4) is 0 Å². The number of fused-ring (bicyclic) bond motifs is 1. The molecule has 2 aliphatic rings. The fraction of sp³-hybridized carbons (Fsp3) is 0.500. The number of piperazine rings is 1. The van der Waals surface area contributed by atoms with Crippen molar-refractivity contribution in [3.05, 3.63) is 75.3 Å². The van der Waals surface area contributed by atoms with Crippen LogP contribution in [0, 0.1) is 0 Å². The maximum absolute atomic E-state index is 14.1. The predicted molar refractivity (Wildman–Crippen MR) is 164 cm³/mol. The van der Waals surface area contributed by atoms with Gasteiger partial charge in [0, 0.05) is 72.3 Å². The number of halogens is 6. The summed E-state index contributed by atoms with van der Waals surface area (Å²) in [5, 5.41) is 4.27. The first-order valence-corrected chi connectivity index (χ1v) is 18.8. The quantitative estimate of drug-likeness (QED) is 0.192. The first kappa shape index (κ1) is 34.3. The largest absolute Gasteiger partial charge is 0.421 e. The number of ether oxygens (including phenoxy) is 1. The summed E-state index contributed by atoms with van der Waals surface area (Å²) < 4.78 is 87.4. The van der Waals surface area contributed by atoms with Crippen LogP contribution in [0.3, 0.4) is 0 Å². The van der Waals surface area contributed by atoms with Crippen LogP contribution in [-0.4, -0.2) is 77.5 Å². The summed E-state index contributed by atoms with van der Waals surface area (Å²) in [5.41, 5.74) is -2.06. The summed E-state index contributed by atoms with van der Waals surface area (Å²) >= 11 is 0. The normalized spacial score (nSPS) is 17.6. The van der Waals surface area contributed by atoms with E-state index in [2.05, 4.69) is 34.7 Å². The van der Waals surface area contributed by atoms with E-state index in [1.807, 2.05) is 18.2 Å². The fourth-order valence-corrected chi connectivity index (χ4v) is 6.20. The van der Waals surface area contributed by atoms with Crippen LogP contribution in [0.15, 0.2) is 47.5 Å². The second kappa shape index (κ2) is 13.3. The summed E-state index contributed by atoms with van der Waals surface area (Å²) in [7, 11) is -1.51. The number of anilines is 2. The van der Waals surface area contributed by atoms with Gasteiger partial charge >= 0.3 is 12.4 Å². The Morgan fingerprint density at radius 3 is 2.19 bits per heavy atom. The zero-order valence-corrected chi connectivity index (χ0v) is 27.1. The van der Waals surface area contributed by atoms with Gasteiger partial charge in [0.05, 0.1) is 5.56 Å². The standard InChI is InChI=1S/C30H35F6N7O3Si/c1-47(2,3)13-12-46-19-43-26(44)23(30(34,35)36)15-25(39-43)42-18-21-7-5-4-6-20(21)14-24(42)27(45)40-8-10-41(11-9-40)28-37-16-22(17-38-28)29(31,32)33/h4-7,15-17,24H,8-14,18-19H2,1-3H3/t24-/m0/s1. The Labute approximate surface area is 268 Å². The molecular formula is C30H35F6N7O3Si. The van der Waals surface area contributed by atoms with Crippen LogP contribution >= 0.6 is 0 Å². The Bertz CT molecular complexity index is 1640. The molecule has 0 N–H and O–H groups in total. The third kappa shape index (κ3) is 8.12. The number of rotatable bonds is 8. The fourth-order valence-electron chi connectivity index (χ4n) is 5.44. The molecule has 1 fully saturated rings. The lowest BCUT2D eigenvalue weighted by molar-refractivity contribution is -0.139. The third-order valence-corrected chi connectivity index (χ3v) is 9.85. The Hall–Kier alpha value is -3.99. The van der Waals surface area contributed by atoms with E-state index in [1.54, 1.807) is 15.9 Å². The maximum Gasteiger partial charge on any atom is 0.421 e. The average molecular weight is 684 g/mol. The first-order valence-electron chi connectivity index (χ1n) is 15.0. The van der Waals surface area contributed by atoms with Crippen LogP contribution in [0.1, 0.15) is 22.3 Å². The number of hydrogen-bond donors (Lipinski definition) is 0. The van der Waals surface area contributed by atoms with Gasteiger partial charge in [0.25, 0.3) is 5.56 Å². The molecule has 4 heterocycles. The topological polar surface area (TPSA) is 96.7 Å². The van der Waals surface area contributed by atoms with Gasteiger partial charge in [-0.05, 0) is 17.2 Å². The van der Waals surface area contributed by atoms with Gasteiger partial charge in [-0.15, -0.1) is 5.10 Å². The van der Waals surface area contributed by atoms with Crippen molar-refractivity contribution < 1.29 is 35.9 Å². The molecule has 1 atom stereocenters. The molecule has 254 valence electrons. The Morgan fingerprint density at radius 2 is 1.60 bits per heavy atom. The zero-order valence-electron chi connectivity index (χ0n) is 26.1. The first-order chi connectivity index (χ1) is 22.0. The summed E-state index contributed by atoms with van der Waals surface area (Å²) in [6, 6.07) is 7.78. The van der Waals surface area contributed by atoms with Crippen molar-refractivity contribution in [2.24, 2.45) is 0 Å². The molecule has 0 radical (unpaired) electrons. The Balaban J connectivity index is 1.40. The van der Waals surface area contributed by atoms with Crippen LogP contribution in [0.25, 0.3) is 0 Å². The van der Waals surface area contributed by atoms with Gasteiger partial charge in [-0.2, -0.15) is 26.3 Å². The SMILES string of the molecule is C[Si](C)(C)CCOCn1nc(N2Cc3ccccc3C[C@H]2C(=O)N2CCN(c3ncc(C(F)(F)F)cn3)CC2)cc(C(F)(F)F)c1=O. The van der Waals surface area contributed by atoms with Crippen molar-refractivity contribution in [2.75, 3.05) is 42.6 Å². The minimum absolute atomic E-state index is 0.0743. The van der Waals surface area contributed by atoms with Crippen molar-refractivity contribution in [2.45, 2.75) is 63.8 Å². The molecule has 10 nitrogen and oxygen atoms in total. The molecule has 1 saturated heterocycles. The zero-order chi connectivity index (χ0) is 34.1. The van der Waals surface area contributed by atoms with E-state index in [9.17, 15) is 35.9 Å². The predicted octanol–water partition coefficient (Wildman–Crippen LogP) is 4.66. The number of alkyl halides is 6. The van der Waals surface area contributed by atoms with Crippen molar-refractivity contribution in [1.82, 2.24) is 24.6 Å². The van der Waals surface area contributed by atoms with Crippen molar-refractivity contribution in [3.63, 3.8) is 0 Å². The van der Waals surface area contributed by atoms with Crippen LogP contribution in [0.4, 0.5) is 38.1 Å². The lowest BCUT2D eigenvalue weighted by Gasteiger charge is -2.41. The Morgan fingerprint density at radius 1 is 0.957 bits per heavy atom. The number of hydrogen-bond acceptors (Lipinski definition) is 8. The third-order valence-electron chi connectivity index (χ3n) is 8.14. The second-order valence-electron chi connectivity index (χ2n) is 12.8. The molecule has 3 aromatic rings. The minimum Gasteiger partial charge on any atom is -0.359 e. The smallest absolute Gasteiger partial charge is 0.359 e. The number of benzene rings is 1. The van der Waals surface area contributed by atoms with E-state index >= 15 is 0 Å². The number of carbonyl (C=O) groups is 1. The number of amides is 1. The molecule has 2 aliphatic heterocycles. The van der Waals surface area contributed by atoms with Gasteiger partial charge in [-0.25, -0.2) is 14.6 Å². The highest BCUT2D eigenvalue weighted by atomic mass is 28.3. The second-order valence-corrected chi connectivity index (χ2v) is 18.4. The summed E-state index contributed by atoms with van der Waals surface area (Å²) in [6.07, 6.45) is -7.95. The van der Waals surface area contributed by atoms with E-state index in [-0.39, 0.29) is 63.4 Å². The monoisotopic (exact) mass is 683 g/mol. The van der Waals surface area contributed by atoms with Gasteiger partial charge in [-0.1, -0.05) is 43.9 Å². The van der Waals surface area contributed by atoms with Crippen LogP contribution in [0.2, 0.25) is 25.7 Å². The van der Waals surface area contributed by atoms with Crippen LogP contribution < -0.4 is 15.4 Å². The molecule has 5 rings (SSSR count). The molecule has 0 aliphatic carbocycles. The van der Waals surface area contributed by atoms with E-state index < -0.39 is 49.9 Å². The molecule has 0 unspecified atom stereocenters. The van der Waals surface area contributed by atoms with Crippen molar-refractivity contribution >= 4 is 25.7 Å². The molecule has 0 saturated carbocycles. The number of carbonyl (C=O) groups excluding carboxylic acids is 1. The Kier molecular flexibility index (Phi) is 9.68. The van der Waals surface area contributed by atoms with Crippen LogP contribution in [0.5, 0.6) is 0 Å². The molecule has 1 amide bonds. The van der Waals surface area contributed by atoms with Gasteiger partial charge in [0.15, 0.2) is 5.82 Å². The van der Waals surface area contributed by atoms with Gasteiger partial charge in [-0.3, -0.25) is 9.59 Å². The van der Waals surface area contributed by atoms with Gasteiger partial charge in [0.2, 0.25) is 11.9 Å². The maximum atomic E-state index is 14.1. The van der Waals surface area contributed by atoms with Gasteiger partial charge in [0.1, 0.15) is 18.3 Å². The van der Waals surface area contributed by atoms with Gasteiger partial charge < -0.3 is 19.4 Å². The molecule has 0 bridgehead atoms. The van der Waals surface area contributed by atoms with E-state index in [4.69, 9.17) is 4.74 Å². The highest BCUT2D eigenvalue weighted by Crippen LogP contribution is 2.33. The van der Waals surface area contributed by atoms with Crippen molar-refractivity contribution in [1.29, 1.82) is 0 Å².